The first-order valence-corrected chi connectivity index (χ1v) is 12.0. The third-order valence-corrected chi connectivity index (χ3v) is 5.43. The summed E-state index contributed by atoms with van der Waals surface area (Å²) < 4.78 is 37.3. The van der Waals surface area contributed by atoms with Gasteiger partial charge in [-0.15, -0.1) is 0 Å². The second kappa shape index (κ2) is 13.1. The lowest BCUT2D eigenvalue weighted by Gasteiger charge is -2.41. The summed E-state index contributed by atoms with van der Waals surface area (Å²) in [5.74, 6) is -2.76. The van der Waals surface area contributed by atoms with Crippen LogP contribution in [-0.4, -0.2) is 75.4 Å². The number of alkyl halides is 3. The van der Waals surface area contributed by atoms with E-state index < -0.39 is 17.7 Å². The fourth-order valence-electron chi connectivity index (χ4n) is 3.57. The number of nitrogens with zero attached hydrogens (tertiary/aromatic N) is 3. The predicted molar refractivity (Wildman–Crippen MR) is 135 cm³/mol. The van der Waals surface area contributed by atoms with Gasteiger partial charge in [0.25, 0.3) is 0 Å². The van der Waals surface area contributed by atoms with Crippen LogP contribution < -0.4 is 5.32 Å². The first-order chi connectivity index (χ1) is 17.7. The molecule has 208 valence electrons. The molecular weight excluding hydrogens is 505 g/mol. The molecule has 1 aromatic carbocycles. The van der Waals surface area contributed by atoms with Gasteiger partial charge in [-0.05, 0) is 64.3 Å². The molecule has 0 bridgehead atoms. The predicted octanol–water partition coefficient (Wildman–Crippen LogP) is 5.11. The maximum Gasteiger partial charge on any atom is 0.490 e. The van der Waals surface area contributed by atoms with E-state index in [2.05, 4.69) is 10.3 Å². The maximum atomic E-state index is 13.0. The Morgan fingerprint density at radius 1 is 1.11 bits per heavy atom. The molecule has 9 nitrogen and oxygen atoms in total. The van der Waals surface area contributed by atoms with E-state index in [0.29, 0.717) is 19.6 Å². The van der Waals surface area contributed by atoms with Gasteiger partial charge in [0.2, 0.25) is 0 Å². The average molecular weight is 539 g/mol. The molecule has 1 aromatic heterocycles. The van der Waals surface area contributed by atoms with Gasteiger partial charge in [-0.1, -0.05) is 23.8 Å². The van der Waals surface area contributed by atoms with Crippen LogP contribution in [0.4, 0.5) is 28.4 Å². The molecule has 1 fully saturated rings. The van der Waals surface area contributed by atoms with Gasteiger partial charge in [-0.3, -0.25) is 4.98 Å². The molecule has 0 aliphatic carbocycles. The number of pyridine rings is 1. The summed E-state index contributed by atoms with van der Waals surface area (Å²) in [5.41, 5.74) is 2.45. The summed E-state index contributed by atoms with van der Waals surface area (Å²) >= 11 is 0. The lowest BCUT2D eigenvalue weighted by molar-refractivity contribution is -0.192. The zero-order chi connectivity index (χ0) is 28.5. The first-order valence-electron chi connectivity index (χ1n) is 12.0. The highest BCUT2D eigenvalue weighted by molar-refractivity contribution is 5.89. The number of carbonyl (C=O) groups is 3. The third-order valence-electron chi connectivity index (χ3n) is 5.43. The number of ether oxygens (including phenoxy) is 1. The summed E-state index contributed by atoms with van der Waals surface area (Å²) in [5, 5.41) is 10.1. The minimum atomic E-state index is -5.08. The van der Waals surface area contributed by atoms with E-state index in [1.165, 1.54) is 0 Å². The van der Waals surface area contributed by atoms with Crippen LogP contribution in [0.1, 0.15) is 38.3 Å². The Balaban J connectivity index is 0.000000638. The number of rotatable bonds is 4. The summed E-state index contributed by atoms with van der Waals surface area (Å²) in [6.45, 7) is 8.92. The molecular formula is C26H33F3N4O5. The molecule has 0 spiro atoms. The number of hydrogen-bond acceptors (Lipinski definition) is 5. The molecule has 38 heavy (non-hydrogen) atoms. The minimum absolute atomic E-state index is 0.119. The number of carboxylic acid groups (broad SMARTS) is 1. The monoisotopic (exact) mass is 538 g/mol. The van der Waals surface area contributed by atoms with E-state index in [1.807, 2.05) is 75.2 Å². The number of piperazine rings is 1. The van der Waals surface area contributed by atoms with Gasteiger partial charge in [-0.25, -0.2) is 14.4 Å². The topological polar surface area (TPSA) is 112 Å². The van der Waals surface area contributed by atoms with Crippen LogP contribution >= 0.6 is 0 Å². The van der Waals surface area contributed by atoms with Crippen molar-refractivity contribution in [3.05, 3.63) is 59.9 Å². The Bertz CT molecular complexity index is 1070. The van der Waals surface area contributed by atoms with Crippen LogP contribution in [0.2, 0.25) is 0 Å². The van der Waals surface area contributed by atoms with Gasteiger partial charge in [0.05, 0.1) is 6.04 Å². The van der Waals surface area contributed by atoms with E-state index in [-0.39, 0.29) is 18.2 Å². The molecule has 2 heterocycles. The lowest BCUT2D eigenvalue weighted by Crippen LogP contribution is -2.58. The fraction of sp³-hybridized carbons (Fsp3) is 0.462. The summed E-state index contributed by atoms with van der Waals surface area (Å²) in [4.78, 5) is 42.3. The third kappa shape index (κ3) is 10.3. The number of amides is 3. The zero-order valence-electron chi connectivity index (χ0n) is 21.8. The van der Waals surface area contributed by atoms with Gasteiger partial charge in [0.15, 0.2) is 0 Å². The summed E-state index contributed by atoms with van der Waals surface area (Å²) in [6.07, 6.45) is -0.334. The molecule has 12 heteroatoms. The van der Waals surface area contributed by atoms with Crippen molar-refractivity contribution >= 4 is 23.8 Å². The molecule has 1 aliphatic heterocycles. The second-order valence-electron chi connectivity index (χ2n) is 9.77. The van der Waals surface area contributed by atoms with Crippen molar-refractivity contribution in [3.63, 3.8) is 0 Å². The van der Waals surface area contributed by atoms with Crippen molar-refractivity contribution in [1.29, 1.82) is 0 Å². The number of anilines is 1. The number of carbonyl (C=O) groups excluding carboxylic acids is 2. The zero-order valence-corrected chi connectivity index (χ0v) is 21.8. The highest BCUT2D eigenvalue weighted by atomic mass is 19.4. The lowest BCUT2D eigenvalue weighted by atomic mass is 10.0. The number of aliphatic carboxylic acids is 1. The van der Waals surface area contributed by atoms with Crippen molar-refractivity contribution in [1.82, 2.24) is 14.8 Å². The van der Waals surface area contributed by atoms with Crippen LogP contribution in [0.5, 0.6) is 0 Å². The van der Waals surface area contributed by atoms with E-state index >= 15 is 0 Å². The van der Waals surface area contributed by atoms with Gasteiger partial charge in [0.1, 0.15) is 5.60 Å². The van der Waals surface area contributed by atoms with Crippen LogP contribution in [0.3, 0.4) is 0 Å². The standard InChI is InChI=1S/C24H32N4O3.C2HF3O2/c1-18-7-10-20(11-8-18)26-22(29)28-15-14-27(23(30)31-24(2,3)4)17-21(28)12-9-19-6-5-13-25-16-19;3-2(4,5)1(6)7/h5-8,10-11,13,16,21H,9,12,14-15,17H2,1-4H3,(H,26,29);(H,6,7). The number of aromatic nitrogens is 1. The Morgan fingerprint density at radius 2 is 1.74 bits per heavy atom. The fourth-order valence-corrected chi connectivity index (χ4v) is 3.57. The molecule has 1 saturated heterocycles. The molecule has 3 amide bonds. The maximum absolute atomic E-state index is 13.0. The SMILES string of the molecule is Cc1ccc(NC(=O)N2CCN(C(=O)OC(C)(C)C)CC2CCc2cccnc2)cc1.O=C(O)C(F)(F)F. The number of aryl methyl sites for hydroxylation is 2. The highest BCUT2D eigenvalue weighted by Crippen LogP contribution is 2.20. The average Bonchev–Trinajstić information content (AvgIpc) is 2.83. The quantitative estimate of drug-likeness (QED) is 0.560. The number of nitrogens with one attached hydrogen (secondary N) is 1. The Morgan fingerprint density at radius 3 is 2.26 bits per heavy atom. The van der Waals surface area contributed by atoms with Crippen molar-refractivity contribution in [2.45, 2.75) is 58.4 Å². The normalized spacial score (nSPS) is 15.7. The van der Waals surface area contributed by atoms with Gasteiger partial charge >= 0.3 is 24.3 Å². The van der Waals surface area contributed by atoms with E-state index in [0.717, 1.165) is 29.7 Å². The van der Waals surface area contributed by atoms with Crippen molar-refractivity contribution < 1.29 is 37.4 Å². The molecule has 2 N–H and O–H groups in total. The van der Waals surface area contributed by atoms with Crippen LogP contribution in [0.15, 0.2) is 48.8 Å². The van der Waals surface area contributed by atoms with E-state index in [9.17, 15) is 22.8 Å². The van der Waals surface area contributed by atoms with Crippen molar-refractivity contribution in [3.8, 4) is 0 Å². The molecule has 0 radical (unpaired) electrons. The highest BCUT2D eigenvalue weighted by Gasteiger charge is 2.38. The molecule has 0 saturated carbocycles. The smallest absolute Gasteiger partial charge is 0.475 e. The second-order valence-corrected chi connectivity index (χ2v) is 9.77. The molecule has 3 rings (SSSR count). The first kappa shape index (κ1) is 30.4. The van der Waals surface area contributed by atoms with E-state index in [4.69, 9.17) is 14.6 Å². The Hall–Kier alpha value is -3.83. The number of benzene rings is 1. The van der Waals surface area contributed by atoms with Crippen LogP contribution in [-0.2, 0) is 16.0 Å². The Kier molecular flexibility index (Phi) is 10.5. The number of hydrogen-bond donors (Lipinski definition) is 2. The number of halogens is 3. The van der Waals surface area contributed by atoms with Crippen molar-refractivity contribution in [2.75, 3.05) is 25.0 Å². The van der Waals surface area contributed by atoms with Gasteiger partial charge in [0, 0.05) is 37.7 Å². The van der Waals surface area contributed by atoms with Crippen LogP contribution in [0.25, 0.3) is 0 Å². The number of urea groups is 1. The van der Waals surface area contributed by atoms with Gasteiger partial charge < -0.3 is 25.0 Å². The summed E-state index contributed by atoms with van der Waals surface area (Å²) in [6, 6.07) is 11.4. The molecule has 2 aromatic rings. The molecule has 1 unspecified atom stereocenters. The van der Waals surface area contributed by atoms with Gasteiger partial charge in [-0.2, -0.15) is 13.2 Å². The van der Waals surface area contributed by atoms with Crippen LogP contribution in [0, 0.1) is 6.92 Å². The molecule has 1 atom stereocenters. The summed E-state index contributed by atoms with van der Waals surface area (Å²) in [7, 11) is 0. The number of carboxylic acids is 1. The minimum Gasteiger partial charge on any atom is -0.475 e. The Labute approximate surface area is 219 Å². The van der Waals surface area contributed by atoms with E-state index in [1.54, 1.807) is 11.1 Å². The van der Waals surface area contributed by atoms with Crippen molar-refractivity contribution in [2.24, 2.45) is 0 Å². The largest absolute Gasteiger partial charge is 0.490 e. The molecule has 1 aliphatic rings.